The lowest BCUT2D eigenvalue weighted by Gasteiger charge is -2.22. The van der Waals surface area contributed by atoms with Crippen LogP contribution >= 0.6 is 0 Å². The predicted octanol–water partition coefficient (Wildman–Crippen LogP) is 1.69. The normalized spacial score (nSPS) is 17.3. The fourth-order valence-corrected chi connectivity index (χ4v) is 3.13. The number of benzene rings is 2. The van der Waals surface area contributed by atoms with Gasteiger partial charge in [-0.3, -0.25) is 4.79 Å². The minimum Gasteiger partial charge on any atom is -0.366 e. The van der Waals surface area contributed by atoms with Gasteiger partial charge in [0.25, 0.3) is 5.91 Å². The van der Waals surface area contributed by atoms with Gasteiger partial charge >= 0.3 is 0 Å². The van der Waals surface area contributed by atoms with Crippen LogP contribution in [-0.2, 0) is 22.6 Å². The molecule has 134 valence electrons. The number of nitrogens with one attached hydrogen (secondary N) is 2. The zero-order valence-corrected chi connectivity index (χ0v) is 14.5. The quantitative estimate of drug-likeness (QED) is 0.735. The molecule has 1 amide bonds. The van der Waals surface area contributed by atoms with Gasteiger partial charge in [0.05, 0.1) is 24.0 Å². The molecule has 6 nitrogen and oxygen atoms in total. The van der Waals surface area contributed by atoms with E-state index in [2.05, 4.69) is 50.5 Å². The standard InChI is InChI=1S/C20H22N4O2/c25-20(19-12-21-9-10-26-19)22-11-15-5-7-16(8-6-15)13-24-14-23-17-3-1-2-4-18(17)24/h1-8,14,19,21H,9-13H2,(H,22,25). The van der Waals surface area contributed by atoms with Crippen molar-refractivity contribution in [2.24, 2.45) is 0 Å². The van der Waals surface area contributed by atoms with Crippen molar-refractivity contribution in [2.75, 3.05) is 19.7 Å². The maximum absolute atomic E-state index is 12.1. The molecule has 1 saturated heterocycles. The number of hydrogen-bond acceptors (Lipinski definition) is 4. The summed E-state index contributed by atoms with van der Waals surface area (Å²) in [5.41, 5.74) is 4.40. The molecule has 2 N–H and O–H groups in total. The Morgan fingerprint density at radius 3 is 2.81 bits per heavy atom. The second-order valence-electron chi connectivity index (χ2n) is 6.46. The van der Waals surface area contributed by atoms with Crippen LogP contribution in [-0.4, -0.2) is 41.3 Å². The molecule has 26 heavy (non-hydrogen) atoms. The lowest BCUT2D eigenvalue weighted by Crippen LogP contribution is -2.47. The molecular formula is C20H22N4O2. The summed E-state index contributed by atoms with van der Waals surface area (Å²) in [6, 6.07) is 16.4. The van der Waals surface area contributed by atoms with Crippen molar-refractivity contribution in [3.05, 3.63) is 66.0 Å². The van der Waals surface area contributed by atoms with Crippen molar-refractivity contribution in [2.45, 2.75) is 19.2 Å². The third-order valence-corrected chi connectivity index (χ3v) is 4.59. The van der Waals surface area contributed by atoms with E-state index < -0.39 is 6.10 Å². The first-order valence-electron chi connectivity index (χ1n) is 8.87. The summed E-state index contributed by atoms with van der Waals surface area (Å²) in [5.74, 6) is -0.0637. The van der Waals surface area contributed by atoms with Crippen molar-refractivity contribution in [1.82, 2.24) is 20.2 Å². The number of aromatic nitrogens is 2. The van der Waals surface area contributed by atoms with Gasteiger partial charge in [0.2, 0.25) is 0 Å². The lowest BCUT2D eigenvalue weighted by atomic mass is 10.1. The Bertz CT molecular complexity index is 882. The number of morpholine rings is 1. The van der Waals surface area contributed by atoms with Crippen LogP contribution in [0.1, 0.15) is 11.1 Å². The van der Waals surface area contributed by atoms with Crippen molar-refractivity contribution in [1.29, 1.82) is 0 Å². The fourth-order valence-electron chi connectivity index (χ4n) is 3.13. The van der Waals surface area contributed by atoms with E-state index >= 15 is 0 Å². The van der Waals surface area contributed by atoms with Gasteiger partial charge in [0, 0.05) is 26.2 Å². The van der Waals surface area contributed by atoms with Crippen LogP contribution in [0.15, 0.2) is 54.9 Å². The smallest absolute Gasteiger partial charge is 0.250 e. The summed E-state index contributed by atoms with van der Waals surface area (Å²) in [5, 5.41) is 6.10. The summed E-state index contributed by atoms with van der Waals surface area (Å²) in [6.07, 6.45) is 1.48. The molecule has 4 rings (SSSR count). The Hall–Kier alpha value is -2.70. The second-order valence-corrected chi connectivity index (χ2v) is 6.46. The second kappa shape index (κ2) is 7.68. The van der Waals surface area contributed by atoms with Gasteiger partial charge in [-0.1, -0.05) is 36.4 Å². The molecule has 0 aliphatic carbocycles. The molecule has 2 heterocycles. The Kier molecular flexibility index (Phi) is 4.95. The Morgan fingerprint density at radius 1 is 1.19 bits per heavy atom. The minimum absolute atomic E-state index is 0.0637. The van der Waals surface area contributed by atoms with Gasteiger partial charge in [-0.05, 0) is 23.3 Å². The molecule has 6 heteroatoms. The third-order valence-electron chi connectivity index (χ3n) is 4.59. The number of ether oxygens (including phenoxy) is 1. The van der Waals surface area contributed by atoms with Gasteiger partial charge < -0.3 is 19.9 Å². The molecule has 3 aromatic rings. The van der Waals surface area contributed by atoms with Gasteiger partial charge in [0.1, 0.15) is 6.10 Å². The molecule has 0 bridgehead atoms. The summed E-state index contributed by atoms with van der Waals surface area (Å²) >= 11 is 0. The molecule has 1 fully saturated rings. The summed E-state index contributed by atoms with van der Waals surface area (Å²) in [6.45, 7) is 3.23. The first-order valence-corrected chi connectivity index (χ1v) is 8.87. The number of nitrogens with zero attached hydrogens (tertiary/aromatic N) is 2. The highest BCUT2D eigenvalue weighted by Gasteiger charge is 2.21. The van der Waals surface area contributed by atoms with Crippen LogP contribution < -0.4 is 10.6 Å². The van der Waals surface area contributed by atoms with Crippen molar-refractivity contribution >= 4 is 16.9 Å². The maximum atomic E-state index is 12.1. The van der Waals surface area contributed by atoms with Crippen LogP contribution in [0.25, 0.3) is 11.0 Å². The number of fused-ring (bicyclic) bond motifs is 1. The van der Waals surface area contributed by atoms with Crippen molar-refractivity contribution in [3.63, 3.8) is 0 Å². The maximum Gasteiger partial charge on any atom is 0.250 e. The molecular weight excluding hydrogens is 328 g/mol. The number of hydrogen-bond donors (Lipinski definition) is 2. The number of amides is 1. The molecule has 1 aromatic heterocycles. The number of carbonyl (C=O) groups excluding carboxylic acids is 1. The number of imidazole rings is 1. The van der Waals surface area contributed by atoms with Crippen LogP contribution in [0.3, 0.4) is 0 Å². The zero-order chi connectivity index (χ0) is 17.8. The van der Waals surface area contributed by atoms with Crippen LogP contribution in [0.5, 0.6) is 0 Å². The highest BCUT2D eigenvalue weighted by Crippen LogP contribution is 2.14. The molecule has 0 spiro atoms. The Morgan fingerprint density at radius 2 is 2.00 bits per heavy atom. The number of para-hydroxylation sites is 2. The summed E-state index contributed by atoms with van der Waals surface area (Å²) in [4.78, 5) is 16.5. The average molecular weight is 350 g/mol. The van der Waals surface area contributed by atoms with E-state index in [4.69, 9.17) is 4.74 Å². The largest absolute Gasteiger partial charge is 0.366 e. The molecule has 1 unspecified atom stereocenters. The first-order chi connectivity index (χ1) is 12.8. The van der Waals surface area contributed by atoms with E-state index in [0.29, 0.717) is 19.7 Å². The summed E-state index contributed by atoms with van der Waals surface area (Å²) < 4.78 is 7.60. The number of rotatable bonds is 5. The molecule has 0 saturated carbocycles. The molecule has 1 aliphatic rings. The highest BCUT2D eigenvalue weighted by molar-refractivity contribution is 5.81. The lowest BCUT2D eigenvalue weighted by molar-refractivity contribution is -0.134. The molecule has 2 aromatic carbocycles. The molecule has 1 aliphatic heterocycles. The van der Waals surface area contributed by atoms with Crippen molar-refractivity contribution < 1.29 is 9.53 Å². The zero-order valence-electron chi connectivity index (χ0n) is 14.5. The van der Waals surface area contributed by atoms with Crippen LogP contribution in [0.2, 0.25) is 0 Å². The van der Waals surface area contributed by atoms with Crippen LogP contribution in [0.4, 0.5) is 0 Å². The third kappa shape index (κ3) is 3.76. The van der Waals surface area contributed by atoms with E-state index in [1.165, 1.54) is 5.56 Å². The van der Waals surface area contributed by atoms with E-state index in [-0.39, 0.29) is 5.91 Å². The Labute approximate surface area is 152 Å². The fraction of sp³-hybridized carbons (Fsp3) is 0.300. The minimum atomic E-state index is -0.391. The molecule has 0 radical (unpaired) electrons. The van der Waals surface area contributed by atoms with Gasteiger partial charge in [-0.15, -0.1) is 0 Å². The molecule has 1 atom stereocenters. The number of carbonyl (C=O) groups is 1. The Balaban J connectivity index is 1.35. The van der Waals surface area contributed by atoms with Crippen LogP contribution in [0, 0.1) is 0 Å². The summed E-state index contributed by atoms with van der Waals surface area (Å²) in [7, 11) is 0. The SMILES string of the molecule is O=C(NCc1ccc(Cn2cnc3ccccc32)cc1)C1CNCCO1. The van der Waals surface area contributed by atoms with E-state index in [0.717, 1.165) is 29.7 Å². The van der Waals surface area contributed by atoms with Gasteiger partial charge in [0.15, 0.2) is 0 Å². The van der Waals surface area contributed by atoms with Gasteiger partial charge in [-0.2, -0.15) is 0 Å². The van der Waals surface area contributed by atoms with Crippen molar-refractivity contribution in [3.8, 4) is 0 Å². The topological polar surface area (TPSA) is 68.2 Å². The van der Waals surface area contributed by atoms with Gasteiger partial charge in [-0.25, -0.2) is 4.98 Å². The first kappa shape index (κ1) is 16.8. The average Bonchev–Trinajstić information content (AvgIpc) is 3.11. The predicted molar refractivity (Wildman–Crippen MR) is 99.7 cm³/mol. The highest BCUT2D eigenvalue weighted by atomic mass is 16.5. The van der Waals surface area contributed by atoms with E-state index in [9.17, 15) is 4.79 Å². The van der Waals surface area contributed by atoms with E-state index in [1.807, 2.05) is 24.5 Å². The van der Waals surface area contributed by atoms with E-state index in [1.54, 1.807) is 0 Å². The monoisotopic (exact) mass is 350 g/mol.